The summed E-state index contributed by atoms with van der Waals surface area (Å²) >= 11 is 0. The SMILES string of the molecule is CNc1ncnc(NC2CCCCCC2O)c1C. The first-order chi connectivity index (χ1) is 8.72. The van der Waals surface area contributed by atoms with Crippen molar-refractivity contribution in [2.24, 2.45) is 0 Å². The van der Waals surface area contributed by atoms with Crippen molar-refractivity contribution in [2.75, 3.05) is 17.7 Å². The van der Waals surface area contributed by atoms with E-state index in [0.29, 0.717) is 0 Å². The van der Waals surface area contributed by atoms with Crippen molar-refractivity contribution in [1.29, 1.82) is 0 Å². The van der Waals surface area contributed by atoms with Crippen LogP contribution in [0.15, 0.2) is 6.33 Å². The van der Waals surface area contributed by atoms with E-state index in [4.69, 9.17) is 0 Å². The van der Waals surface area contributed by atoms with Gasteiger partial charge in [0.25, 0.3) is 0 Å². The molecule has 0 aliphatic heterocycles. The molecule has 1 aromatic rings. The van der Waals surface area contributed by atoms with Gasteiger partial charge >= 0.3 is 0 Å². The van der Waals surface area contributed by atoms with Gasteiger partial charge in [-0.05, 0) is 19.8 Å². The largest absolute Gasteiger partial charge is 0.391 e. The van der Waals surface area contributed by atoms with Crippen molar-refractivity contribution in [3.63, 3.8) is 0 Å². The van der Waals surface area contributed by atoms with Crippen LogP contribution in [0.2, 0.25) is 0 Å². The van der Waals surface area contributed by atoms with Gasteiger partial charge in [0.05, 0.1) is 12.1 Å². The Bertz CT molecular complexity index is 397. The molecule has 5 heteroatoms. The summed E-state index contributed by atoms with van der Waals surface area (Å²) in [7, 11) is 1.85. The number of nitrogens with zero attached hydrogens (tertiary/aromatic N) is 2. The molecule has 1 aromatic heterocycles. The van der Waals surface area contributed by atoms with Gasteiger partial charge < -0.3 is 15.7 Å². The Labute approximate surface area is 108 Å². The number of aliphatic hydroxyl groups is 1. The second-order valence-electron chi connectivity index (χ2n) is 4.90. The third-order valence-electron chi connectivity index (χ3n) is 3.62. The average molecular weight is 250 g/mol. The first kappa shape index (κ1) is 13.1. The zero-order valence-electron chi connectivity index (χ0n) is 11.1. The quantitative estimate of drug-likeness (QED) is 0.715. The van der Waals surface area contributed by atoms with Crippen LogP contribution in [0, 0.1) is 6.92 Å². The fraction of sp³-hybridized carbons (Fsp3) is 0.692. The summed E-state index contributed by atoms with van der Waals surface area (Å²) in [5.41, 5.74) is 0.997. The number of hydrogen-bond acceptors (Lipinski definition) is 5. The third-order valence-corrected chi connectivity index (χ3v) is 3.62. The highest BCUT2D eigenvalue weighted by Crippen LogP contribution is 2.24. The highest BCUT2D eigenvalue weighted by Gasteiger charge is 2.22. The first-order valence-electron chi connectivity index (χ1n) is 6.66. The lowest BCUT2D eigenvalue weighted by molar-refractivity contribution is 0.144. The van der Waals surface area contributed by atoms with Gasteiger partial charge in [-0.1, -0.05) is 19.3 Å². The molecule has 1 aliphatic carbocycles. The molecule has 0 amide bonds. The van der Waals surface area contributed by atoms with Crippen molar-refractivity contribution in [3.05, 3.63) is 11.9 Å². The number of anilines is 2. The van der Waals surface area contributed by atoms with Crippen LogP contribution < -0.4 is 10.6 Å². The molecule has 1 saturated carbocycles. The minimum absolute atomic E-state index is 0.103. The minimum Gasteiger partial charge on any atom is -0.391 e. The molecule has 2 atom stereocenters. The third kappa shape index (κ3) is 2.90. The van der Waals surface area contributed by atoms with E-state index in [2.05, 4.69) is 20.6 Å². The molecule has 0 spiro atoms. The van der Waals surface area contributed by atoms with E-state index in [0.717, 1.165) is 42.9 Å². The predicted octanol–water partition coefficient (Wildman–Crippen LogP) is 1.93. The van der Waals surface area contributed by atoms with E-state index in [9.17, 15) is 5.11 Å². The molecule has 0 radical (unpaired) electrons. The smallest absolute Gasteiger partial charge is 0.134 e. The Hall–Kier alpha value is -1.36. The summed E-state index contributed by atoms with van der Waals surface area (Å²) in [6.07, 6.45) is 6.63. The fourth-order valence-corrected chi connectivity index (χ4v) is 2.48. The summed E-state index contributed by atoms with van der Waals surface area (Å²) in [5, 5.41) is 16.5. The number of hydrogen-bond donors (Lipinski definition) is 3. The van der Waals surface area contributed by atoms with Gasteiger partial charge in [-0.2, -0.15) is 0 Å². The van der Waals surface area contributed by atoms with Crippen molar-refractivity contribution in [1.82, 2.24) is 9.97 Å². The number of aromatic nitrogens is 2. The van der Waals surface area contributed by atoms with Gasteiger partial charge in [0.15, 0.2) is 0 Å². The van der Waals surface area contributed by atoms with Crippen LogP contribution >= 0.6 is 0 Å². The van der Waals surface area contributed by atoms with Crippen molar-refractivity contribution in [2.45, 2.75) is 51.2 Å². The van der Waals surface area contributed by atoms with E-state index in [-0.39, 0.29) is 12.1 Å². The Morgan fingerprint density at radius 2 is 1.89 bits per heavy atom. The second kappa shape index (κ2) is 6.00. The summed E-state index contributed by atoms with van der Waals surface area (Å²) in [6, 6.07) is 0.103. The fourth-order valence-electron chi connectivity index (χ4n) is 2.48. The Kier molecular flexibility index (Phi) is 4.36. The van der Waals surface area contributed by atoms with Crippen LogP contribution in [0.3, 0.4) is 0 Å². The van der Waals surface area contributed by atoms with Crippen LogP contribution in [0.1, 0.15) is 37.7 Å². The van der Waals surface area contributed by atoms with Gasteiger partial charge in [-0.15, -0.1) is 0 Å². The van der Waals surface area contributed by atoms with E-state index in [1.165, 1.54) is 6.42 Å². The Morgan fingerprint density at radius 1 is 1.17 bits per heavy atom. The van der Waals surface area contributed by atoms with Crippen LogP contribution in [-0.4, -0.2) is 34.3 Å². The van der Waals surface area contributed by atoms with Crippen molar-refractivity contribution >= 4 is 11.6 Å². The van der Waals surface area contributed by atoms with Crippen molar-refractivity contribution in [3.8, 4) is 0 Å². The molecule has 5 nitrogen and oxygen atoms in total. The van der Waals surface area contributed by atoms with Crippen LogP contribution in [0.25, 0.3) is 0 Å². The lowest BCUT2D eigenvalue weighted by Gasteiger charge is -2.23. The van der Waals surface area contributed by atoms with E-state index in [1.54, 1.807) is 6.33 Å². The highest BCUT2D eigenvalue weighted by molar-refractivity contribution is 5.56. The molecule has 2 unspecified atom stereocenters. The molecule has 0 aromatic carbocycles. The normalized spacial score (nSPS) is 24.4. The van der Waals surface area contributed by atoms with Gasteiger partial charge in [0.2, 0.25) is 0 Å². The molecule has 1 heterocycles. The summed E-state index contributed by atoms with van der Waals surface area (Å²) < 4.78 is 0. The number of rotatable bonds is 3. The second-order valence-corrected chi connectivity index (χ2v) is 4.90. The standard InChI is InChI=1S/C13H22N4O/c1-9-12(14-2)15-8-16-13(9)17-10-6-4-3-5-7-11(10)18/h8,10-11,18H,3-7H2,1-2H3,(H2,14,15,16,17). The molecule has 0 saturated heterocycles. The lowest BCUT2D eigenvalue weighted by Crippen LogP contribution is -2.33. The summed E-state index contributed by atoms with van der Waals surface area (Å²) in [4.78, 5) is 8.44. The molecule has 1 fully saturated rings. The van der Waals surface area contributed by atoms with Crippen LogP contribution in [-0.2, 0) is 0 Å². The molecular formula is C13H22N4O. The van der Waals surface area contributed by atoms with E-state index < -0.39 is 0 Å². The molecule has 2 rings (SSSR count). The minimum atomic E-state index is -0.278. The van der Waals surface area contributed by atoms with Crippen molar-refractivity contribution < 1.29 is 5.11 Å². The Morgan fingerprint density at radius 3 is 2.67 bits per heavy atom. The zero-order valence-corrected chi connectivity index (χ0v) is 11.1. The maximum atomic E-state index is 10.1. The Balaban J connectivity index is 2.12. The van der Waals surface area contributed by atoms with Gasteiger partial charge in [0, 0.05) is 12.6 Å². The number of aliphatic hydroxyl groups excluding tert-OH is 1. The van der Waals surface area contributed by atoms with Gasteiger partial charge in [0.1, 0.15) is 18.0 Å². The molecule has 3 N–H and O–H groups in total. The lowest BCUT2D eigenvalue weighted by atomic mass is 10.1. The monoisotopic (exact) mass is 250 g/mol. The predicted molar refractivity (Wildman–Crippen MR) is 72.8 cm³/mol. The maximum Gasteiger partial charge on any atom is 0.134 e. The van der Waals surface area contributed by atoms with E-state index >= 15 is 0 Å². The molecule has 0 bridgehead atoms. The number of nitrogens with one attached hydrogen (secondary N) is 2. The summed E-state index contributed by atoms with van der Waals surface area (Å²) in [5.74, 6) is 1.65. The first-order valence-corrected chi connectivity index (χ1v) is 6.66. The molecule has 1 aliphatic rings. The zero-order chi connectivity index (χ0) is 13.0. The van der Waals surface area contributed by atoms with Gasteiger partial charge in [-0.3, -0.25) is 0 Å². The summed E-state index contributed by atoms with van der Waals surface area (Å²) in [6.45, 7) is 1.98. The highest BCUT2D eigenvalue weighted by atomic mass is 16.3. The van der Waals surface area contributed by atoms with Crippen LogP contribution in [0.4, 0.5) is 11.6 Å². The molecular weight excluding hydrogens is 228 g/mol. The maximum absolute atomic E-state index is 10.1. The van der Waals surface area contributed by atoms with Crippen LogP contribution in [0.5, 0.6) is 0 Å². The van der Waals surface area contributed by atoms with E-state index in [1.807, 2.05) is 14.0 Å². The topological polar surface area (TPSA) is 70.1 Å². The molecule has 18 heavy (non-hydrogen) atoms. The van der Waals surface area contributed by atoms with Gasteiger partial charge in [-0.25, -0.2) is 9.97 Å². The molecule has 100 valence electrons. The average Bonchev–Trinajstić information content (AvgIpc) is 2.57.